The van der Waals surface area contributed by atoms with Crippen molar-refractivity contribution in [3.8, 4) is 0 Å². The summed E-state index contributed by atoms with van der Waals surface area (Å²) in [6, 6.07) is 6.61. The van der Waals surface area contributed by atoms with E-state index in [1.165, 1.54) is 12.1 Å². The largest absolute Gasteiger partial charge is 0.385 e. The van der Waals surface area contributed by atoms with E-state index < -0.39 is 5.60 Å². The van der Waals surface area contributed by atoms with Gasteiger partial charge in [0.2, 0.25) is 0 Å². The maximum Gasteiger partial charge on any atom is 0.182 e. The summed E-state index contributed by atoms with van der Waals surface area (Å²) >= 11 is 0. The molecular formula is C18H18FN5O. The number of fused-ring (bicyclic) bond motifs is 3. The van der Waals surface area contributed by atoms with E-state index in [4.69, 9.17) is 0 Å². The molecule has 2 aliphatic heterocycles. The molecule has 0 aliphatic carbocycles. The standard InChI is InChI=1S/C18H18FN5O/c19-12-3-1-11(2-4-12)18(25)7-13-5-6-14(8-18)24(13)17-15-16(21-9-20-15)22-10-23-17/h1-4,9-10,13-14,25H,5-8H2,(H,20,21,22,23)/t13-,14-/m0/s1. The molecule has 2 fully saturated rings. The van der Waals surface area contributed by atoms with Gasteiger partial charge in [-0.3, -0.25) is 0 Å². The topological polar surface area (TPSA) is 77.9 Å². The summed E-state index contributed by atoms with van der Waals surface area (Å²) in [4.78, 5) is 18.3. The first-order valence-electron chi connectivity index (χ1n) is 8.55. The van der Waals surface area contributed by atoms with Gasteiger partial charge in [0.25, 0.3) is 0 Å². The number of piperidine rings is 1. The van der Waals surface area contributed by atoms with Crippen LogP contribution >= 0.6 is 0 Å². The summed E-state index contributed by atoms with van der Waals surface area (Å²) < 4.78 is 13.2. The molecule has 0 unspecified atom stereocenters. The first kappa shape index (κ1) is 14.8. The normalized spacial score (nSPS) is 28.6. The Balaban J connectivity index is 1.51. The maximum atomic E-state index is 13.2. The number of nitrogens with one attached hydrogen (secondary N) is 1. The minimum atomic E-state index is -0.920. The Morgan fingerprint density at radius 2 is 1.80 bits per heavy atom. The molecular weight excluding hydrogens is 321 g/mol. The molecule has 2 saturated heterocycles. The van der Waals surface area contributed by atoms with E-state index in [0.717, 1.165) is 29.7 Å². The number of hydrogen-bond acceptors (Lipinski definition) is 5. The first-order valence-corrected chi connectivity index (χ1v) is 8.55. The molecule has 2 bridgehead atoms. The number of hydrogen-bond donors (Lipinski definition) is 2. The predicted molar refractivity (Wildman–Crippen MR) is 90.5 cm³/mol. The lowest BCUT2D eigenvalue weighted by Crippen LogP contribution is -2.50. The zero-order valence-electron chi connectivity index (χ0n) is 13.6. The van der Waals surface area contributed by atoms with E-state index in [1.807, 2.05) is 0 Å². The van der Waals surface area contributed by atoms with Crippen LogP contribution in [-0.4, -0.2) is 37.1 Å². The quantitative estimate of drug-likeness (QED) is 0.750. The number of H-pyrrole nitrogens is 1. The molecule has 2 aromatic heterocycles. The van der Waals surface area contributed by atoms with Gasteiger partial charge in [-0.25, -0.2) is 19.3 Å². The van der Waals surface area contributed by atoms with Gasteiger partial charge >= 0.3 is 0 Å². The molecule has 3 aromatic rings. The van der Waals surface area contributed by atoms with E-state index in [1.54, 1.807) is 24.8 Å². The van der Waals surface area contributed by atoms with Gasteiger partial charge in [0.05, 0.1) is 11.9 Å². The van der Waals surface area contributed by atoms with Gasteiger partial charge in [-0.1, -0.05) is 12.1 Å². The zero-order chi connectivity index (χ0) is 17.0. The molecule has 0 saturated carbocycles. The van der Waals surface area contributed by atoms with Crippen LogP contribution < -0.4 is 4.90 Å². The predicted octanol–water partition coefficient (Wildman–Crippen LogP) is 2.51. The fourth-order valence-corrected chi connectivity index (χ4v) is 4.51. The van der Waals surface area contributed by atoms with Crippen molar-refractivity contribution in [2.75, 3.05) is 4.90 Å². The summed E-state index contributed by atoms with van der Waals surface area (Å²) in [5.41, 5.74) is 1.37. The average molecular weight is 339 g/mol. The van der Waals surface area contributed by atoms with Crippen molar-refractivity contribution in [3.05, 3.63) is 48.3 Å². The second kappa shape index (κ2) is 5.23. The van der Waals surface area contributed by atoms with Crippen molar-refractivity contribution in [2.24, 2.45) is 0 Å². The van der Waals surface area contributed by atoms with Gasteiger partial charge < -0.3 is 15.0 Å². The van der Waals surface area contributed by atoms with E-state index in [2.05, 4.69) is 24.8 Å². The van der Waals surface area contributed by atoms with Gasteiger partial charge in [-0.05, 0) is 30.5 Å². The maximum absolute atomic E-state index is 13.2. The number of aromatic amines is 1. The molecule has 4 heterocycles. The average Bonchev–Trinajstić information content (AvgIpc) is 3.18. The number of rotatable bonds is 2. The number of aromatic nitrogens is 4. The smallest absolute Gasteiger partial charge is 0.182 e. The van der Waals surface area contributed by atoms with Crippen LogP contribution in [0.15, 0.2) is 36.9 Å². The summed E-state index contributed by atoms with van der Waals surface area (Å²) in [7, 11) is 0. The Morgan fingerprint density at radius 3 is 2.52 bits per heavy atom. The van der Waals surface area contributed by atoms with Crippen molar-refractivity contribution in [3.63, 3.8) is 0 Å². The van der Waals surface area contributed by atoms with Crippen molar-refractivity contribution in [1.29, 1.82) is 0 Å². The van der Waals surface area contributed by atoms with Crippen LogP contribution in [-0.2, 0) is 5.60 Å². The van der Waals surface area contributed by atoms with Crippen LogP contribution in [0, 0.1) is 5.82 Å². The van der Waals surface area contributed by atoms with E-state index in [0.29, 0.717) is 18.5 Å². The third kappa shape index (κ3) is 2.22. The number of anilines is 1. The van der Waals surface area contributed by atoms with Gasteiger partial charge in [-0.15, -0.1) is 0 Å². The summed E-state index contributed by atoms with van der Waals surface area (Å²) in [5.74, 6) is 0.575. The molecule has 2 N–H and O–H groups in total. The summed E-state index contributed by atoms with van der Waals surface area (Å²) in [6.45, 7) is 0. The Hall–Kier alpha value is -2.54. The van der Waals surface area contributed by atoms with Gasteiger partial charge in [-0.2, -0.15) is 0 Å². The summed E-state index contributed by atoms with van der Waals surface area (Å²) in [5, 5.41) is 11.3. The monoisotopic (exact) mass is 339 g/mol. The molecule has 0 spiro atoms. The molecule has 128 valence electrons. The lowest BCUT2D eigenvalue weighted by molar-refractivity contribution is -0.00318. The van der Waals surface area contributed by atoms with E-state index in [9.17, 15) is 9.50 Å². The van der Waals surface area contributed by atoms with E-state index >= 15 is 0 Å². The van der Waals surface area contributed by atoms with Crippen LogP contribution in [0.1, 0.15) is 31.2 Å². The Morgan fingerprint density at radius 1 is 1.08 bits per heavy atom. The number of aliphatic hydroxyl groups is 1. The second-order valence-corrected chi connectivity index (χ2v) is 7.04. The summed E-state index contributed by atoms with van der Waals surface area (Å²) in [6.07, 6.45) is 6.40. The highest BCUT2D eigenvalue weighted by atomic mass is 19.1. The van der Waals surface area contributed by atoms with Crippen molar-refractivity contribution in [1.82, 2.24) is 19.9 Å². The molecule has 1 aromatic carbocycles. The SMILES string of the molecule is OC1(c2ccc(F)cc2)C[C@@H]2CC[C@@H](C1)N2c1ncnc2nc[nH]c12. The third-order valence-corrected chi connectivity index (χ3v) is 5.60. The van der Waals surface area contributed by atoms with Gasteiger partial charge in [0.1, 0.15) is 17.7 Å². The minimum absolute atomic E-state index is 0.190. The van der Waals surface area contributed by atoms with Crippen LogP contribution in [0.4, 0.5) is 10.2 Å². The van der Waals surface area contributed by atoms with Crippen LogP contribution in [0.5, 0.6) is 0 Å². The Labute approximate surface area is 143 Å². The Bertz CT molecular complexity index is 911. The van der Waals surface area contributed by atoms with Crippen LogP contribution in [0.2, 0.25) is 0 Å². The molecule has 7 heteroatoms. The molecule has 5 rings (SSSR count). The van der Waals surface area contributed by atoms with Crippen molar-refractivity contribution in [2.45, 2.75) is 43.4 Å². The molecule has 2 aliphatic rings. The number of halogens is 1. The molecule has 25 heavy (non-hydrogen) atoms. The molecule has 0 amide bonds. The highest BCUT2D eigenvalue weighted by Gasteiger charge is 2.49. The number of nitrogens with zero attached hydrogens (tertiary/aromatic N) is 4. The number of imidazole rings is 1. The van der Waals surface area contributed by atoms with Gasteiger partial charge in [0.15, 0.2) is 11.5 Å². The zero-order valence-corrected chi connectivity index (χ0v) is 13.6. The molecule has 2 atom stereocenters. The van der Waals surface area contributed by atoms with Gasteiger partial charge in [0, 0.05) is 24.9 Å². The molecule has 6 nitrogen and oxygen atoms in total. The minimum Gasteiger partial charge on any atom is -0.385 e. The van der Waals surface area contributed by atoms with Crippen molar-refractivity contribution >= 4 is 17.0 Å². The fourth-order valence-electron chi connectivity index (χ4n) is 4.51. The highest BCUT2D eigenvalue weighted by molar-refractivity contribution is 5.83. The lowest BCUT2D eigenvalue weighted by atomic mass is 9.80. The fraction of sp³-hybridized carbons (Fsp3) is 0.389. The Kier molecular flexibility index (Phi) is 3.09. The van der Waals surface area contributed by atoms with E-state index in [-0.39, 0.29) is 17.9 Å². The second-order valence-electron chi connectivity index (χ2n) is 7.04. The third-order valence-electron chi connectivity index (χ3n) is 5.60. The first-order chi connectivity index (χ1) is 12.1. The molecule has 0 radical (unpaired) electrons. The lowest BCUT2D eigenvalue weighted by Gasteiger charge is -2.44. The van der Waals surface area contributed by atoms with Crippen molar-refractivity contribution < 1.29 is 9.50 Å². The van der Waals surface area contributed by atoms with Crippen LogP contribution in [0.3, 0.4) is 0 Å². The number of benzene rings is 1. The highest BCUT2D eigenvalue weighted by Crippen LogP contribution is 2.47. The van der Waals surface area contributed by atoms with Crippen LogP contribution in [0.25, 0.3) is 11.2 Å².